The first-order valence-electron chi connectivity index (χ1n) is 4.70. The van der Waals surface area contributed by atoms with Crippen LogP contribution in [0, 0.1) is 0 Å². The fraction of sp³-hybridized carbons (Fsp3) is 0.889. The monoisotopic (exact) mass is 241 g/mol. The number of carbonyl (C=O) groups excluding carboxylic acids is 1. The molecule has 1 atom stereocenters. The highest BCUT2D eigenvalue weighted by Crippen LogP contribution is 2.45. The minimum absolute atomic E-state index is 0.470. The van der Waals surface area contributed by atoms with Gasteiger partial charge in [0.25, 0.3) is 0 Å². The van der Waals surface area contributed by atoms with Crippen molar-refractivity contribution in [1.82, 2.24) is 5.34 Å². The van der Waals surface area contributed by atoms with Gasteiger partial charge in [0, 0.05) is 0 Å². The van der Waals surface area contributed by atoms with Crippen molar-refractivity contribution in [3.63, 3.8) is 0 Å². The topological polar surface area (TPSA) is 20.3 Å². The second kappa shape index (κ2) is 3.81. The average molecular weight is 241 g/mol. The van der Waals surface area contributed by atoms with E-state index in [0.717, 1.165) is 6.92 Å². The summed E-state index contributed by atoms with van der Waals surface area (Å²) in [5.41, 5.74) is 0. The summed E-state index contributed by atoms with van der Waals surface area (Å²) >= 11 is 0. The van der Waals surface area contributed by atoms with Crippen LogP contribution in [0.1, 0.15) is 27.7 Å². The normalized spacial score (nSPS) is 17.1. The van der Waals surface area contributed by atoms with E-state index in [9.17, 15) is 18.1 Å². The molecular weight excluding hydrogens is 223 g/mol. The van der Waals surface area contributed by atoms with Gasteiger partial charge in [0.15, 0.2) is 5.29 Å². The van der Waals surface area contributed by atoms with Gasteiger partial charge in [0.2, 0.25) is 0 Å². The van der Waals surface area contributed by atoms with Crippen molar-refractivity contribution in [3.8, 4) is 0 Å². The zero-order valence-electron chi connectivity index (χ0n) is 9.99. The smallest absolute Gasteiger partial charge is 0.266 e. The summed E-state index contributed by atoms with van der Waals surface area (Å²) in [6.45, 7) is 9.48. The summed E-state index contributed by atoms with van der Waals surface area (Å²) < 4.78 is 38.4. The minimum atomic E-state index is -2.80. The Morgan fingerprint density at radius 3 is 1.67 bits per heavy atom. The van der Waals surface area contributed by atoms with Crippen molar-refractivity contribution in [2.45, 2.75) is 51.1 Å². The molecule has 0 spiro atoms. The van der Waals surface area contributed by atoms with Crippen molar-refractivity contribution in [2.75, 3.05) is 0 Å². The Morgan fingerprint density at radius 2 is 1.47 bits per heavy atom. The molecule has 0 saturated heterocycles. The highest BCUT2D eigenvalue weighted by molar-refractivity contribution is 6.85. The van der Waals surface area contributed by atoms with E-state index in [4.69, 9.17) is 0 Å². The van der Waals surface area contributed by atoms with Crippen LogP contribution < -0.4 is 0 Å². The molecule has 0 saturated carbocycles. The maximum atomic E-state index is 14.2. The van der Waals surface area contributed by atoms with Gasteiger partial charge in [-0.25, -0.2) is 4.39 Å². The second-order valence-electron chi connectivity index (χ2n) is 5.42. The summed E-state index contributed by atoms with van der Waals surface area (Å²) in [4.78, 5) is 11.1. The van der Waals surface area contributed by atoms with Gasteiger partial charge in [0.05, 0.1) is 0 Å². The molecule has 0 heterocycles. The Kier molecular flexibility index (Phi) is 3.67. The fourth-order valence-electron chi connectivity index (χ4n) is 1.13. The zero-order chi connectivity index (χ0) is 12.7. The van der Waals surface area contributed by atoms with E-state index in [2.05, 4.69) is 0 Å². The molecule has 0 aromatic carbocycles. The molecule has 0 N–H and O–H groups in total. The van der Waals surface area contributed by atoms with Crippen LogP contribution in [0.25, 0.3) is 0 Å². The molecular formula is C9H18F3NOSi. The molecule has 0 aliphatic carbocycles. The molecule has 2 nitrogen and oxygen atoms in total. The molecule has 0 fully saturated rings. The number of nitrogens with zero attached hydrogens (tertiary/aromatic N) is 1. The molecule has 6 heteroatoms. The highest BCUT2D eigenvalue weighted by atomic mass is 28.3. The van der Waals surface area contributed by atoms with Gasteiger partial charge >= 0.3 is 5.91 Å². The van der Waals surface area contributed by atoms with Crippen molar-refractivity contribution < 1.29 is 18.1 Å². The number of carbonyl (C=O) groups is 1. The third kappa shape index (κ3) is 2.35. The van der Waals surface area contributed by atoms with Crippen molar-refractivity contribution in [3.05, 3.63) is 0 Å². The molecule has 0 radical (unpaired) electrons. The lowest BCUT2D eigenvalue weighted by Crippen LogP contribution is -2.61. The van der Waals surface area contributed by atoms with Crippen LogP contribution in [-0.4, -0.2) is 24.6 Å². The first-order valence-corrected chi connectivity index (χ1v) is 7.70. The first kappa shape index (κ1) is 14.5. The number of hydrogen-bond acceptors (Lipinski definition) is 1. The van der Waals surface area contributed by atoms with Crippen LogP contribution in [0.3, 0.4) is 0 Å². The third-order valence-electron chi connectivity index (χ3n) is 3.60. The van der Waals surface area contributed by atoms with Crippen LogP contribution in [0.15, 0.2) is 0 Å². The van der Waals surface area contributed by atoms with E-state index in [1.807, 2.05) is 0 Å². The molecule has 0 aromatic rings. The maximum absolute atomic E-state index is 14.2. The lowest BCUT2D eigenvalue weighted by Gasteiger charge is -2.44. The molecule has 15 heavy (non-hydrogen) atoms. The van der Waals surface area contributed by atoms with Crippen LogP contribution in [0.5, 0.6) is 0 Å². The van der Waals surface area contributed by atoms with E-state index < -0.39 is 29.7 Å². The molecule has 0 aliphatic rings. The Hall–Kier alpha value is -0.523. The molecule has 0 rings (SSSR count). The SMILES string of the molecule is CC(C)(C)[Si](C)(C)C(C)(F)C(=O)N(F)F. The Labute approximate surface area is 89.3 Å². The Bertz CT molecular complexity index is 259. The fourth-order valence-corrected chi connectivity index (χ4v) is 3.16. The zero-order valence-corrected chi connectivity index (χ0v) is 11.0. The van der Waals surface area contributed by atoms with Gasteiger partial charge < -0.3 is 0 Å². The van der Waals surface area contributed by atoms with Gasteiger partial charge in [-0.05, 0) is 17.3 Å². The Morgan fingerprint density at radius 1 is 1.13 bits per heavy atom. The molecule has 1 amide bonds. The molecule has 0 bridgehead atoms. The van der Waals surface area contributed by atoms with Gasteiger partial charge in [-0.3, -0.25) is 4.79 Å². The average Bonchev–Trinajstić information content (AvgIpc) is 2.00. The molecule has 90 valence electrons. The van der Waals surface area contributed by atoms with Gasteiger partial charge in [-0.15, -0.1) is 0 Å². The van der Waals surface area contributed by atoms with Gasteiger partial charge in [-0.2, -0.15) is 0 Å². The van der Waals surface area contributed by atoms with Gasteiger partial charge in [-0.1, -0.05) is 42.8 Å². The van der Waals surface area contributed by atoms with Gasteiger partial charge in [0.1, 0.15) is 8.07 Å². The van der Waals surface area contributed by atoms with E-state index in [0.29, 0.717) is 0 Å². The van der Waals surface area contributed by atoms with Crippen molar-refractivity contribution >= 4 is 14.0 Å². The number of halogens is 3. The number of rotatable bonds is 2. The van der Waals surface area contributed by atoms with E-state index >= 15 is 0 Å². The lowest BCUT2D eigenvalue weighted by atomic mass is 10.2. The largest absolute Gasteiger partial charge is 0.316 e. The van der Waals surface area contributed by atoms with Crippen molar-refractivity contribution in [1.29, 1.82) is 0 Å². The van der Waals surface area contributed by atoms with Crippen LogP contribution in [-0.2, 0) is 4.79 Å². The minimum Gasteiger partial charge on any atom is -0.266 e. The summed E-state index contributed by atoms with van der Waals surface area (Å²) in [6, 6.07) is 0. The summed E-state index contributed by atoms with van der Waals surface area (Å²) in [6.07, 6.45) is 0. The van der Waals surface area contributed by atoms with Crippen LogP contribution in [0.2, 0.25) is 18.1 Å². The summed E-state index contributed by atoms with van der Waals surface area (Å²) in [5.74, 6) is -1.74. The number of alkyl halides is 1. The number of hydrogen-bond donors (Lipinski definition) is 0. The number of amides is 1. The third-order valence-corrected chi connectivity index (χ3v) is 9.92. The molecule has 0 aliphatic heterocycles. The van der Waals surface area contributed by atoms with Crippen LogP contribution in [0.4, 0.5) is 13.4 Å². The maximum Gasteiger partial charge on any atom is 0.316 e. The standard InChI is InChI=1S/C9H18F3NOSi/c1-8(2,3)15(5,6)9(4,10)7(14)13(11)12/h1-6H3. The van der Waals surface area contributed by atoms with E-state index in [1.54, 1.807) is 33.9 Å². The lowest BCUT2D eigenvalue weighted by molar-refractivity contribution is -0.195. The Balaban J connectivity index is 5.29. The first-order chi connectivity index (χ1) is 6.35. The summed E-state index contributed by atoms with van der Waals surface area (Å²) in [7, 11) is -2.80. The summed E-state index contributed by atoms with van der Waals surface area (Å²) in [5, 5.41) is -4.59. The quantitative estimate of drug-likeness (QED) is 0.536. The van der Waals surface area contributed by atoms with E-state index in [-0.39, 0.29) is 0 Å². The van der Waals surface area contributed by atoms with Crippen LogP contribution >= 0.6 is 0 Å². The molecule has 1 unspecified atom stereocenters. The predicted octanol–water partition coefficient (Wildman–Crippen LogP) is 3.36. The van der Waals surface area contributed by atoms with E-state index in [1.165, 1.54) is 0 Å². The molecule has 0 aromatic heterocycles. The highest BCUT2D eigenvalue weighted by Gasteiger charge is 2.57. The second-order valence-corrected chi connectivity index (χ2v) is 11.1. The van der Waals surface area contributed by atoms with Crippen molar-refractivity contribution in [2.24, 2.45) is 0 Å². The predicted molar refractivity (Wildman–Crippen MR) is 55.8 cm³/mol.